The molecule has 1 aromatic heterocycles. The number of rotatable bonds is 11. The Morgan fingerprint density at radius 2 is 2.07 bits per heavy atom. The van der Waals surface area contributed by atoms with Gasteiger partial charge in [0.05, 0.1) is 0 Å². The van der Waals surface area contributed by atoms with Gasteiger partial charge in [-0.1, -0.05) is 20.3 Å². The van der Waals surface area contributed by atoms with Crippen molar-refractivity contribution in [2.24, 2.45) is 5.73 Å². The topological polar surface area (TPSA) is 100 Å². The summed E-state index contributed by atoms with van der Waals surface area (Å²) in [5.41, 5.74) is 5.88. The lowest BCUT2D eigenvalue weighted by atomic mass is 10.2. The summed E-state index contributed by atoms with van der Waals surface area (Å²) >= 11 is 2.68. The lowest BCUT2D eigenvalue weighted by molar-refractivity contribution is 0.0998. The molecule has 1 aromatic rings. The van der Waals surface area contributed by atoms with Crippen molar-refractivity contribution in [2.45, 2.75) is 62.6 Å². The molecule has 1 atom stereocenters. The number of carbonyl (C=O) groups is 2. The number of urea groups is 1. The number of nitrogens with one attached hydrogen (secondary N) is 2. The Labute approximate surface area is 170 Å². The van der Waals surface area contributed by atoms with Crippen LogP contribution < -0.4 is 16.4 Å². The van der Waals surface area contributed by atoms with Gasteiger partial charge < -0.3 is 16.0 Å². The van der Waals surface area contributed by atoms with Crippen LogP contribution in [0.4, 0.5) is 9.80 Å². The second kappa shape index (κ2) is 11.5. The fraction of sp³-hybridized carbons (Fsp3) is 0.722. The minimum Gasteiger partial charge on any atom is -0.365 e. The first-order valence-corrected chi connectivity index (χ1v) is 11.4. The van der Waals surface area contributed by atoms with Gasteiger partial charge in [0.1, 0.15) is 15.6 Å². The molecule has 1 unspecified atom stereocenters. The van der Waals surface area contributed by atoms with E-state index in [1.54, 1.807) is 11.8 Å². The summed E-state index contributed by atoms with van der Waals surface area (Å²) in [5, 5.41) is 7.03. The molecule has 0 aliphatic carbocycles. The third-order valence-corrected chi connectivity index (χ3v) is 6.91. The molecule has 0 aromatic carbocycles. The highest BCUT2D eigenvalue weighted by molar-refractivity contribution is 8.00. The molecule has 3 amide bonds. The summed E-state index contributed by atoms with van der Waals surface area (Å²) in [6.45, 7) is 8.18. The van der Waals surface area contributed by atoms with E-state index in [1.165, 1.54) is 12.8 Å². The monoisotopic (exact) mass is 413 g/mol. The molecule has 1 fully saturated rings. The second-order valence-electron chi connectivity index (χ2n) is 6.78. The minimum atomic E-state index is -0.554. The maximum atomic E-state index is 12.2. The molecule has 1 aliphatic rings. The van der Waals surface area contributed by atoms with Crippen molar-refractivity contribution in [2.75, 3.05) is 31.5 Å². The molecule has 9 heteroatoms. The fourth-order valence-corrected chi connectivity index (χ4v) is 5.34. The summed E-state index contributed by atoms with van der Waals surface area (Å²) in [7, 11) is 0. The molecule has 7 nitrogen and oxygen atoms in total. The lowest BCUT2D eigenvalue weighted by Crippen LogP contribution is -2.32. The first kappa shape index (κ1) is 22.0. The number of thioether (sulfide) groups is 1. The maximum absolute atomic E-state index is 12.2. The van der Waals surface area contributed by atoms with Gasteiger partial charge in [-0.25, -0.2) is 4.79 Å². The highest BCUT2D eigenvalue weighted by Gasteiger charge is 2.23. The Balaban J connectivity index is 1.86. The van der Waals surface area contributed by atoms with Crippen LogP contribution in [0, 0.1) is 0 Å². The highest BCUT2D eigenvalue weighted by atomic mass is 32.2. The van der Waals surface area contributed by atoms with Crippen molar-refractivity contribution < 1.29 is 9.59 Å². The third-order valence-electron chi connectivity index (χ3n) is 4.61. The number of anilines is 1. The second-order valence-corrected chi connectivity index (χ2v) is 8.84. The SMILES string of the molecule is CCCC(CC)Sc1nsc(NC(=O)NCCCN2CCCC2)c1C(N)=O. The summed E-state index contributed by atoms with van der Waals surface area (Å²) in [5.74, 6) is -0.554. The zero-order valence-corrected chi connectivity index (χ0v) is 17.9. The quantitative estimate of drug-likeness (QED) is 0.381. The number of hydrogen-bond donors (Lipinski definition) is 3. The van der Waals surface area contributed by atoms with E-state index >= 15 is 0 Å². The van der Waals surface area contributed by atoms with E-state index in [4.69, 9.17) is 5.73 Å². The normalized spacial score (nSPS) is 15.6. The van der Waals surface area contributed by atoms with Crippen molar-refractivity contribution >= 4 is 40.2 Å². The molecular formula is C18H31N5O2S2. The number of nitrogens with two attached hydrogens (primary N) is 1. The zero-order chi connectivity index (χ0) is 19.6. The minimum absolute atomic E-state index is 0.320. The predicted molar refractivity (Wildman–Crippen MR) is 113 cm³/mol. The van der Waals surface area contributed by atoms with Crippen LogP contribution in [0.2, 0.25) is 0 Å². The Bertz CT molecular complexity index is 617. The van der Waals surface area contributed by atoms with E-state index in [-0.39, 0.29) is 6.03 Å². The van der Waals surface area contributed by atoms with Gasteiger partial charge in [0.25, 0.3) is 5.91 Å². The van der Waals surface area contributed by atoms with Gasteiger partial charge in [0, 0.05) is 11.8 Å². The standard InChI is InChI=1S/C18H31N5O2S2/c1-3-8-13(4-2)26-17-14(15(19)24)16(27-22-17)21-18(25)20-9-7-12-23-10-5-6-11-23/h13H,3-12H2,1-2H3,(H2,19,24)(H2,20,21,25). The van der Waals surface area contributed by atoms with Crippen molar-refractivity contribution in [3.63, 3.8) is 0 Å². The van der Waals surface area contributed by atoms with Gasteiger partial charge in [0.15, 0.2) is 0 Å². The van der Waals surface area contributed by atoms with Crippen LogP contribution in [0.1, 0.15) is 62.7 Å². The predicted octanol–water partition coefficient (Wildman–Crippen LogP) is 3.52. The maximum Gasteiger partial charge on any atom is 0.319 e. The fourth-order valence-electron chi connectivity index (χ4n) is 3.14. The Hall–Kier alpha value is -1.32. The molecule has 1 saturated heterocycles. The van der Waals surface area contributed by atoms with Crippen molar-refractivity contribution in [1.82, 2.24) is 14.6 Å². The van der Waals surface area contributed by atoms with Gasteiger partial charge in [0.2, 0.25) is 0 Å². The molecule has 0 radical (unpaired) electrons. The third kappa shape index (κ3) is 6.97. The van der Waals surface area contributed by atoms with Crippen LogP contribution in [0.5, 0.6) is 0 Å². The van der Waals surface area contributed by atoms with E-state index in [9.17, 15) is 9.59 Å². The van der Waals surface area contributed by atoms with Gasteiger partial charge >= 0.3 is 6.03 Å². The Kier molecular flexibility index (Phi) is 9.36. The molecule has 2 rings (SSSR count). The summed E-state index contributed by atoms with van der Waals surface area (Å²) < 4.78 is 4.36. The molecular weight excluding hydrogens is 382 g/mol. The van der Waals surface area contributed by atoms with Gasteiger partial charge in [-0.05, 0) is 63.3 Å². The molecule has 1 aliphatic heterocycles. The average Bonchev–Trinajstić information content (AvgIpc) is 3.28. The Morgan fingerprint density at radius 3 is 2.70 bits per heavy atom. The number of amides is 3. The first-order chi connectivity index (χ1) is 13.0. The molecule has 0 spiro atoms. The largest absolute Gasteiger partial charge is 0.365 e. The number of primary amides is 1. The number of aromatic nitrogens is 1. The van der Waals surface area contributed by atoms with Crippen LogP contribution in [-0.2, 0) is 0 Å². The first-order valence-electron chi connectivity index (χ1n) is 9.78. The van der Waals surface area contributed by atoms with E-state index < -0.39 is 5.91 Å². The van der Waals surface area contributed by atoms with Crippen LogP contribution >= 0.6 is 23.3 Å². The highest BCUT2D eigenvalue weighted by Crippen LogP contribution is 2.36. The van der Waals surface area contributed by atoms with Crippen molar-refractivity contribution in [1.29, 1.82) is 0 Å². The molecule has 152 valence electrons. The number of hydrogen-bond acceptors (Lipinski definition) is 6. The Morgan fingerprint density at radius 1 is 1.33 bits per heavy atom. The van der Waals surface area contributed by atoms with Crippen LogP contribution in [0.3, 0.4) is 0 Å². The van der Waals surface area contributed by atoms with E-state index in [0.29, 0.717) is 27.4 Å². The number of likely N-dealkylation sites (tertiary alicyclic amines) is 1. The van der Waals surface area contributed by atoms with Crippen molar-refractivity contribution in [3.8, 4) is 0 Å². The average molecular weight is 414 g/mol. The van der Waals surface area contributed by atoms with Gasteiger partial charge in [-0.2, -0.15) is 4.37 Å². The summed E-state index contributed by atoms with van der Waals surface area (Å²) in [6, 6.07) is -0.320. The van der Waals surface area contributed by atoms with E-state index in [2.05, 4.69) is 33.8 Å². The van der Waals surface area contributed by atoms with Crippen LogP contribution in [0.15, 0.2) is 5.03 Å². The summed E-state index contributed by atoms with van der Waals surface area (Å²) in [6.07, 6.45) is 6.58. The van der Waals surface area contributed by atoms with E-state index in [1.807, 2.05) is 0 Å². The molecule has 2 heterocycles. The van der Waals surface area contributed by atoms with E-state index in [0.717, 1.165) is 56.9 Å². The lowest BCUT2D eigenvalue weighted by Gasteiger charge is -2.14. The molecule has 27 heavy (non-hydrogen) atoms. The number of nitrogens with zero attached hydrogens (tertiary/aromatic N) is 2. The van der Waals surface area contributed by atoms with Gasteiger partial charge in [-0.15, -0.1) is 11.8 Å². The van der Waals surface area contributed by atoms with Crippen LogP contribution in [0.25, 0.3) is 0 Å². The van der Waals surface area contributed by atoms with Crippen molar-refractivity contribution in [3.05, 3.63) is 5.56 Å². The molecule has 4 N–H and O–H groups in total. The molecule has 0 saturated carbocycles. The van der Waals surface area contributed by atoms with Crippen LogP contribution in [-0.4, -0.2) is 52.6 Å². The van der Waals surface area contributed by atoms with Gasteiger partial charge in [-0.3, -0.25) is 10.1 Å². The number of carbonyl (C=O) groups excluding carboxylic acids is 2. The smallest absolute Gasteiger partial charge is 0.319 e. The zero-order valence-electron chi connectivity index (χ0n) is 16.3. The summed E-state index contributed by atoms with van der Waals surface area (Å²) in [4.78, 5) is 26.5. The molecule has 0 bridgehead atoms.